The molecule has 0 radical (unpaired) electrons. The van der Waals surface area contributed by atoms with E-state index >= 15 is 0 Å². The van der Waals surface area contributed by atoms with Gasteiger partial charge in [0.25, 0.3) is 5.91 Å². The average molecular weight is 368 g/mol. The Bertz CT molecular complexity index is 706. The number of aliphatic hydroxyl groups is 1. The second kappa shape index (κ2) is 9.16. The molecule has 26 heavy (non-hydrogen) atoms. The van der Waals surface area contributed by atoms with Crippen LogP contribution in [-0.2, 0) is 19.1 Å². The number of esters is 1. The molecule has 1 heterocycles. The summed E-state index contributed by atoms with van der Waals surface area (Å²) < 4.78 is 29.1. The SMILES string of the molecule is COCCOc1c(F)cccc1NC1=C(C(=O)OC)CN(CCO)C1=O. The maximum Gasteiger partial charge on any atom is 0.337 e. The molecule has 0 bridgehead atoms. The monoisotopic (exact) mass is 368 g/mol. The number of para-hydroxylation sites is 1. The number of β-amino-alcohol motifs (C(OH)–C–C–N with tert-alkyl or cyclic N) is 1. The Hall–Kier alpha value is -2.65. The fourth-order valence-electron chi connectivity index (χ4n) is 2.46. The molecule has 2 N–H and O–H groups in total. The van der Waals surface area contributed by atoms with Crippen molar-refractivity contribution in [1.29, 1.82) is 0 Å². The summed E-state index contributed by atoms with van der Waals surface area (Å²) in [6, 6.07) is 4.19. The summed E-state index contributed by atoms with van der Waals surface area (Å²) >= 11 is 0. The zero-order valence-corrected chi connectivity index (χ0v) is 14.6. The third kappa shape index (κ3) is 4.30. The summed E-state index contributed by atoms with van der Waals surface area (Å²) in [5, 5.41) is 11.9. The Labute approximate surface area is 150 Å². The molecule has 0 aliphatic carbocycles. The maximum absolute atomic E-state index is 14.1. The molecule has 1 aromatic rings. The Kier molecular flexibility index (Phi) is 6.93. The minimum absolute atomic E-state index is 0.0103. The van der Waals surface area contributed by atoms with Crippen LogP contribution in [0.1, 0.15) is 0 Å². The van der Waals surface area contributed by atoms with Crippen molar-refractivity contribution < 1.29 is 33.3 Å². The highest BCUT2D eigenvalue weighted by Crippen LogP contribution is 2.31. The standard InChI is InChI=1S/C17H21FN2O6/c1-24-8-9-26-15-12(18)4-3-5-13(15)19-14-11(17(23)25-2)10-20(6-7-21)16(14)22/h3-5,19,21H,6-10H2,1-2H3. The zero-order chi connectivity index (χ0) is 19.1. The minimum atomic E-state index is -0.681. The predicted molar refractivity (Wildman–Crippen MR) is 90.1 cm³/mol. The number of amides is 1. The van der Waals surface area contributed by atoms with Crippen molar-refractivity contribution in [2.45, 2.75) is 0 Å². The molecule has 0 aromatic heterocycles. The van der Waals surface area contributed by atoms with Gasteiger partial charge in [0.2, 0.25) is 0 Å². The van der Waals surface area contributed by atoms with Crippen LogP contribution in [0.5, 0.6) is 5.75 Å². The van der Waals surface area contributed by atoms with Crippen LogP contribution < -0.4 is 10.1 Å². The van der Waals surface area contributed by atoms with Gasteiger partial charge in [-0.05, 0) is 12.1 Å². The van der Waals surface area contributed by atoms with Crippen molar-refractivity contribution in [2.24, 2.45) is 0 Å². The van der Waals surface area contributed by atoms with E-state index in [0.717, 1.165) is 0 Å². The zero-order valence-electron chi connectivity index (χ0n) is 14.6. The number of halogens is 1. The molecule has 2 rings (SSSR count). The van der Waals surface area contributed by atoms with Gasteiger partial charge in [-0.2, -0.15) is 0 Å². The molecule has 1 aromatic carbocycles. The van der Waals surface area contributed by atoms with Gasteiger partial charge in [0.1, 0.15) is 12.3 Å². The van der Waals surface area contributed by atoms with Crippen LogP contribution in [0.4, 0.5) is 10.1 Å². The lowest BCUT2D eigenvalue weighted by molar-refractivity contribution is -0.136. The highest BCUT2D eigenvalue weighted by Gasteiger charge is 2.35. The minimum Gasteiger partial charge on any atom is -0.486 e. The molecular weight excluding hydrogens is 347 g/mol. The molecular formula is C17H21FN2O6. The van der Waals surface area contributed by atoms with E-state index in [2.05, 4.69) is 5.32 Å². The van der Waals surface area contributed by atoms with E-state index in [9.17, 15) is 14.0 Å². The van der Waals surface area contributed by atoms with Crippen molar-refractivity contribution in [3.8, 4) is 5.75 Å². The summed E-state index contributed by atoms with van der Waals surface area (Å²) in [4.78, 5) is 25.8. The molecule has 9 heteroatoms. The highest BCUT2D eigenvalue weighted by atomic mass is 19.1. The number of anilines is 1. The van der Waals surface area contributed by atoms with Gasteiger partial charge < -0.3 is 29.5 Å². The summed E-state index contributed by atoms with van der Waals surface area (Å²) in [6.07, 6.45) is 0. The summed E-state index contributed by atoms with van der Waals surface area (Å²) in [7, 11) is 2.69. The lowest BCUT2D eigenvalue weighted by atomic mass is 10.2. The first-order chi connectivity index (χ1) is 12.5. The molecule has 0 saturated carbocycles. The summed E-state index contributed by atoms with van der Waals surface area (Å²) in [5.74, 6) is -1.88. The van der Waals surface area contributed by atoms with Crippen molar-refractivity contribution in [2.75, 3.05) is 52.4 Å². The first-order valence-electron chi connectivity index (χ1n) is 7.92. The lowest BCUT2D eigenvalue weighted by Crippen LogP contribution is -2.31. The normalized spacial score (nSPS) is 14.0. The smallest absolute Gasteiger partial charge is 0.337 e. The van der Waals surface area contributed by atoms with Crippen LogP contribution in [0.3, 0.4) is 0 Å². The number of aliphatic hydroxyl groups excluding tert-OH is 1. The molecule has 0 saturated heterocycles. The van der Waals surface area contributed by atoms with Crippen LogP contribution in [0.15, 0.2) is 29.5 Å². The first kappa shape index (κ1) is 19.7. The molecule has 0 atom stereocenters. The van der Waals surface area contributed by atoms with Gasteiger partial charge in [-0.3, -0.25) is 4.79 Å². The average Bonchev–Trinajstić information content (AvgIpc) is 2.93. The summed E-state index contributed by atoms with van der Waals surface area (Å²) in [5.41, 5.74) is 0.252. The van der Waals surface area contributed by atoms with Gasteiger partial charge in [-0.1, -0.05) is 6.07 Å². The lowest BCUT2D eigenvalue weighted by Gasteiger charge is -2.16. The Morgan fingerprint density at radius 3 is 2.77 bits per heavy atom. The molecule has 0 unspecified atom stereocenters. The number of hydrogen-bond donors (Lipinski definition) is 2. The highest BCUT2D eigenvalue weighted by molar-refractivity contribution is 6.08. The number of carbonyl (C=O) groups excluding carboxylic acids is 2. The maximum atomic E-state index is 14.1. The van der Waals surface area contributed by atoms with E-state index < -0.39 is 17.7 Å². The molecule has 142 valence electrons. The number of ether oxygens (including phenoxy) is 3. The summed E-state index contributed by atoms with van der Waals surface area (Å²) in [6.45, 7) is 0.167. The fraction of sp³-hybridized carbons (Fsp3) is 0.412. The van der Waals surface area contributed by atoms with Gasteiger partial charge in [0.15, 0.2) is 11.6 Å². The number of nitrogens with zero attached hydrogens (tertiary/aromatic N) is 1. The van der Waals surface area contributed by atoms with Crippen LogP contribution in [0.25, 0.3) is 0 Å². The second-order valence-corrected chi connectivity index (χ2v) is 5.38. The van der Waals surface area contributed by atoms with Crippen molar-refractivity contribution >= 4 is 17.6 Å². The number of nitrogens with one attached hydrogen (secondary N) is 1. The van der Waals surface area contributed by atoms with Crippen LogP contribution in [-0.4, -0.2) is 69.0 Å². The van der Waals surface area contributed by atoms with Crippen molar-refractivity contribution in [3.05, 3.63) is 35.3 Å². The largest absolute Gasteiger partial charge is 0.486 e. The number of methoxy groups -OCH3 is 2. The molecule has 0 fully saturated rings. The van der Waals surface area contributed by atoms with Gasteiger partial charge in [-0.25, -0.2) is 9.18 Å². The van der Waals surface area contributed by atoms with Crippen molar-refractivity contribution in [3.63, 3.8) is 0 Å². The van der Waals surface area contributed by atoms with E-state index in [1.807, 2.05) is 0 Å². The number of rotatable bonds is 9. The van der Waals surface area contributed by atoms with Gasteiger partial charge in [0, 0.05) is 13.7 Å². The molecule has 1 amide bonds. The van der Waals surface area contributed by atoms with Crippen LogP contribution in [0.2, 0.25) is 0 Å². The Balaban J connectivity index is 2.33. The van der Waals surface area contributed by atoms with E-state index in [4.69, 9.17) is 19.3 Å². The first-order valence-corrected chi connectivity index (χ1v) is 7.92. The third-order valence-electron chi connectivity index (χ3n) is 3.71. The van der Waals surface area contributed by atoms with Crippen LogP contribution in [0, 0.1) is 5.82 Å². The molecule has 8 nitrogen and oxygen atoms in total. The van der Waals surface area contributed by atoms with E-state index in [0.29, 0.717) is 0 Å². The predicted octanol–water partition coefficient (Wildman–Crippen LogP) is 0.524. The van der Waals surface area contributed by atoms with E-state index in [1.54, 1.807) is 0 Å². The third-order valence-corrected chi connectivity index (χ3v) is 3.71. The number of carbonyl (C=O) groups is 2. The Morgan fingerprint density at radius 2 is 2.12 bits per heavy atom. The number of hydrogen-bond acceptors (Lipinski definition) is 7. The van der Waals surface area contributed by atoms with E-state index in [-0.39, 0.29) is 55.6 Å². The number of benzene rings is 1. The Morgan fingerprint density at radius 1 is 1.35 bits per heavy atom. The topological polar surface area (TPSA) is 97.3 Å². The quantitative estimate of drug-likeness (QED) is 0.485. The molecule has 1 aliphatic rings. The van der Waals surface area contributed by atoms with Crippen LogP contribution >= 0.6 is 0 Å². The molecule has 0 spiro atoms. The van der Waals surface area contributed by atoms with Crippen molar-refractivity contribution in [1.82, 2.24) is 4.90 Å². The van der Waals surface area contributed by atoms with Gasteiger partial charge in [-0.15, -0.1) is 0 Å². The fourth-order valence-corrected chi connectivity index (χ4v) is 2.46. The molecule has 1 aliphatic heterocycles. The van der Waals surface area contributed by atoms with E-state index in [1.165, 1.54) is 37.3 Å². The van der Waals surface area contributed by atoms with Gasteiger partial charge in [0.05, 0.1) is 38.1 Å². The van der Waals surface area contributed by atoms with Gasteiger partial charge >= 0.3 is 5.97 Å². The second-order valence-electron chi connectivity index (χ2n) is 5.38.